The van der Waals surface area contributed by atoms with Crippen molar-refractivity contribution < 1.29 is 37.8 Å². The largest absolute Gasteiger partial charge is 0.493 e. The van der Waals surface area contributed by atoms with Gasteiger partial charge in [-0.15, -0.1) is 0 Å². The quantitative estimate of drug-likeness (QED) is 0.110. The van der Waals surface area contributed by atoms with E-state index in [-0.39, 0.29) is 30.2 Å². The lowest BCUT2D eigenvalue weighted by Gasteiger charge is -2.28. The van der Waals surface area contributed by atoms with E-state index in [0.717, 1.165) is 87.5 Å². The van der Waals surface area contributed by atoms with E-state index in [1.807, 2.05) is 6.07 Å². The zero-order valence-electron chi connectivity index (χ0n) is 32.8. The monoisotopic (exact) mass is 817 g/mol. The lowest BCUT2D eigenvalue weighted by molar-refractivity contribution is -0.136. The van der Waals surface area contributed by atoms with Crippen LogP contribution in [0, 0.1) is 11.7 Å². The van der Waals surface area contributed by atoms with Gasteiger partial charge in [0.15, 0.2) is 0 Å². The Labute approximate surface area is 341 Å². The van der Waals surface area contributed by atoms with Gasteiger partial charge in [0.2, 0.25) is 17.7 Å². The molecule has 3 N–H and O–H groups in total. The molecule has 13 nitrogen and oxygen atoms in total. The summed E-state index contributed by atoms with van der Waals surface area (Å²) in [6, 6.07) is 7.33. The first-order valence-corrected chi connectivity index (χ1v) is 21.9. The molecular weight excluding hydrogens is 766 g/mol. The van der Waals surface area contributed by atoms with Crippen LogP contribution in [0.5, 0.6) is 5.75 Å². The van der Waals surface area contributed by atoms with E-state index in [9.17, 15) is 33.2 Å². The van der Waals surface area contributed by atoms with Crippen molar-refractivity contribution in [2.75, 3.05) is 19.8 Å². The van der Waals surface area contributed by atoms with Gasteiger partial charge in [-0.25, -0.2) is 9.37 Å². The highest BCUT2D eigenvalue weighted by molar-refractivity contribution is 7.99. The first kappa shape index (κ1) is 41.5. The maximum atomic E-state index is 14.9. The number of halogens is 1. The second kappa shape index (κ2) is 19.4. The van der Waals surface area contributed by atoms with Crippen LogP contribution < -0.4 is 20.9 Å². The summed E-state index contributed by atoms with van der Waals surface area (Å²) >= 11 is 1.73. The molecule has 0 bridgehead atoms. The van der Waals surface area contributed by atoms with Gasteiger partial charge in [0.1, 0.15) is 28.8 Å². The van der Waals surface area contributed by atoms with Crippen LogP contribution in [-0.2, 0) is 31.3 Å². The minimum absolute atomic E-state index is 0.0612. The number of imide groups is 2. The minimum Gasteiger partial charge on any atom is -0.493 e. The fourth-order valence-electron chi connectivity index (χ4n) is 8.50. The summed E-state index contributed by atoms with van der Waals surface area (Å²) in [7, 11) is 0. The first-order chi connectivity index (χ1) is 28.1. The highest BCUT2D eigenvalue weighted by Crippen LogP contribution is 2.32. The van der Waals surface area contributed by atoms with Gasteiger partial charge in [-0.2, -0.15) is 11.8 Å². The molecule has 3 aliphatic heterocycles. The van der Waals surface area contributed by atoms with Crippen molar-refractivity contribution in [3.8, 4) is 5.75 Å². The third-order valence-electron chi connectivity index (χ3n) is 11.8. The highest BCUT2D eigenvalue weighted by Gasteiger charge is 2.45. The Bertz CT molecular complexity index is 2080. The van der Waals surface area contributed by atoms with Crippen LogP contribution in [0.15, 0.2) is 35.1 Å². The standard InChI is InChI=1S/C43H52FN5O8S/c44-32-22-29(57-24-26-18-20-56-21-19-26)23-33-39(32)41(53)47-35(46-33)25-58-30-14-12-28(13-15-30)45-36(50)11-6-4-2-1-3-5-8-27-9-7-10-31-38(27)43(55)49(42(31)54)34-16-17-37(51)48-40(34)52/h7,9-10,22-23,26,28,30,34H,1-6,8,11-21,24-25H2,(H,45,50)(H,46,47,53)(H,48,51,52). The number of amides is 5. The number of unbranched alkanes of at least 4 members (excludes halogenated alkanes) is 5. The number of hydrogen-bond donors (Lipinski definition) is 3. The summed E-state index contributed by atoms with van der Waals surface area (Å²) in [5.41, 5.74) is 1.28. The zero-order valence-corrected chi connectivity index (χ0v) is 33.6. The van der Waals surface area contributed by atoms with Crippen LogP contribution in [0.25, 0.3) is 10.9 Å². The van der Waals surface area contributed by atoms with E-state index in [2.05, 4.69) is 20.6 Å². The zero-order chi connectivity index (χ0) is 40.6. The number of ether oxygens (including phenoxy) is 2. The molecule has 1 saturated carbocycles. The highest BCUT2D eigenvalue weighted by atomic mass is 32.2. The van der Waals surface area contributed by atoms with Crippen LogP contribution in [0.3, 0.4) is 0 Å². The number of carbonyl (C=O) groups is 5. The molecule has 0 spiro atoms. The van der Waals surface area contributed by atoms with Crippen molar-refractivity contribution in [2.45, 2.75) is 126 Å². The maximum Gasteiger partial charge on any atom is 0.262 e. The van der Waals surface area contributed by atoms with Gasteiger partial charge in [-0.1, -0.05) is 37.8 Å². The number of nitrogens with one attached hydrogen (secondary N) is 3. The molecule has 1 aromatic heterocycles. The van der Waals surface area contributed by atoms with Gasteiger partial charge in [-0.3, -0.25) is 39.0 Å². The van der Waals surface area contributed by atoms with Gasteiger partial charge in [0.25, 0.3) is 17.4 Å². The predicted octanol–water partition coefficient (Wildman–Crippen LogP) is 5.90. The Kier molecular flexibility index (Phi) is 13.9. The van der Waals surface area contributed by atoms with Crippen molar-refractivity contribution in [3.05, 3.63) is 69.0 Å². The molecule has 58 heavy (non-hydrogen) atoms. The van der Waals surface area contributed by atoms with Gasteiger partial charge < -0.3 is 19.8 Å². The summed E-state index contributed by atoms with van der Waals surface area (Å²) in [6.45, 7) is 1.88. The lowest BCUT2D eigenvalue weighted by Crippen LogP contribution is -2.54. The van der Waals surface area contributed by atoms with E-state index < -0.39 is 41.0 Å². The molecule has 4 aliphatic rings. The molecular formula is C43H52FN5O8S. The summed E-state index contributed by atoms with van der Waals surface area (Å²) in [5, 5.41) is 5.76. The summed E-state index contributed by atoms with van der Waals surface area (Å²) < 4.78 is 26.2. The summed E-state index contributed by atoms with van der Waals surface area (Å²) in [6.07, 6.45) is 12.4. The maximum absolute atomic E-state index is 14.9. The van der Waals surface area contributed by atoms with Crippen LogP contribution in [-0.4, -0.2) is 81.6 Å². The molecule has 4 heterocycles. The summed E-state index contributed by atoms with van der Waals surface area (Å²) in [4.78, 5) is 84.2. The van der Waals surface area contributed by atoms with Gasteiger partial charge in [0.05, 0.1) is 29.0 Å². The first-order valence-electron chi connectivity index (χ1n) is 20.8. The number of aromatic amines is 1. The third kappa shape index (κ3) is 10.1. The van der Waals surface area contributed by atoms with Crippen LogP contribution in [0.2, 0.25) is 0 Å². The topological polar surface area (TPSA) is 177 Å². The van der Waals surface area contributed by atoms with Crippen molar-refractivity contribution in [3.63, 3.8) is 0 Å². The molecule has 2 saturated heterocycles. The SMILES string of the molecule is O=C1CCC(N2C(=O)c3cccc(CCCCCCCCC(=O)NC4CCC(SCc5nc6cc(OCC7CCOCC7)cc(F)c6c(=O)[nH]5)CC4)c3C2=O)C(=O)N1. The second-order valence-corrected chi connectivity index (χ2v) is 17.2. The lowest BCUT2D eigenvalue weighted by atomic mass is 9.95. The number of rotatable bonds is 17. The van der Waals surface area contributed by atoms with Gasteiger partial charge in [-0.05, 0) is 81.8 Å². The smallest absolute Gasteiger partial charge is 0.262 e. The van der Waals surface area contributed by atoms with Crippen LogP contribution >= 0.6 is 11.8 Å². The predicted molar refractivity (Wildman–Crippen MR) is 216 cm³/mol. The van der Waals surface area contributed by atoms with Crippen LogP contribution in [0.1, 0.15) is 128 Å². The number of aryl methyl sites for hydroxylation is 1. The number of hydrogen-bond acceptors (Lipinski definition) is 10. The molecule has 1 atom stereocenters. The number of nitrogens with zero attached hydrogens (tertiary/aromatic N) is 2. The molecule has 310 valence electrons. The molecule has 0 radical (unpaired) electrons. The Morgan fingerprint density at radius 1 is 0.931 bits per heavy atom. The Morgan fingerprint density at radius 3 is 2.47 bits per heavy atom. The number of benzene rings is 2. The molecule has 1 aliphatic carbocycles. The van der Waals surface area contributed by atoms with Crippen molar-refractivity contribution in [1.29, 1.82) is 0 Å². The fraction of sp³-hybridized carbons (Fsp3) is 0.558. The van der Waals surface area contributed by atoms with Crippen molar-refractivity contribution >= 4 is 52.2 Å². The third-order valence-corrected chi connectivity index (χ3v) is 13.1. The molecule has 2 aromatic carbocycles. The Balaban J connectivity index is 0.762. The molecule has 1 unspecified atom stereocenters. The van der Waals surface area contributed by atoms with E-state index in [1.165, 1.54) is 6.07 Å². The molecule has 7 rings (SSSR count). The second-order valence-electron chi connectivity index (χ2n) is 15.9. The number of thioether (sulfide) groups is 1. The average Bonchev–Trinajstić information content (AvgIpc) is 3.47. The fourth-order valence-corrected chi connectivity index (χ4v) is 9.63. The van der Waals surface area contributed by atoms with Crippen molar-refractivity contribution in [1.82, 2.24) is 25.5 Å². The molecule has 3 aromatic rings. The Hall–Kier alpha value is -4.63. The number of piperidine rings is 1. The number of H-pyrrole nitrogens is 1. The Morgan fingerprint density at radius 2 is 1.69 bits per heavy atom. The summed E-state index contributed by atoms with van der Waals surface area (Å²) in [5.74, 6) is -0.785. The van der Waals surface area contributed by atoms with Crippen LogP contribution in [0.4, 0.5) is 4.39 Å². The average molecular weight is 818 g/mol. The van der Waals surface area contributed by atoms with Crippen molar-refractivity contribution in [2.24, 2.45) is 5.92 Å². The van der Waals surface area contributed by atoms with Gasteiger partial charge in [0, 0.05) is 49.5 Å². The normalized spacial score (nSPS) is 21.3. The number of fused-ring (bicyclic) bond motifs is 2. The minimum atomic E-state index is -0.973. The van der Waals surface area contributed by atoms with E-state index >= 15 is 0 Å². The van der Waals surface area contributed by atoms with E-state index in [4.69, 9.17) is 9.47 Å². The molecule has 15 heteroatoms. The van der Waals surface area contributed by atoms with Gasteiger partial charge >= 0.3 is 0 Å². The molecule has 3 fully saturated rings. The van der Waals surface area contributed by atoms with E-state index in [1.54, 1.807) is 30.0 Å². The number of aromatic nitrogens is 2. The molecule has 5 amide bonds. The number of carbonyl (C=O) groups excluding carboxylic acids is 5. The van der Waals surface area contributed by atoms with E-state index in [0.29, 0.717) is 77.8 Å².